The van der Waals surface area contributed by atoms with Gasteiger partial charge in [0.15, 0.2) is 0 Å². The van der Waals surface area contributed by atoms with Gasteiger partial charge >= 0.3 is 8.25 Å². The Balaban J connectivity index is 3.78. The molecule has 0 spiro atoms. The van der Waals surface area contributed by atoms with Crippen molar-refractivity contribution in [2.24, 2.45) is 0 Å². The second kappa shape index (κ2) is 5.31. The molecule has 0 saturated carbocycles. The fourth-order valence-electron chi connectivity index (χ4n) is 0.645. The van der Waals surface area contributed by atoms with E-state index in [1.165, 1.54) is 0 Å². The summed E-state index contributed by atoms with van der Waals surface area (Å²) in [5.41, 5.74) is 0. The average molecular weight is 245 g/mol. The van der Waals surface area contributed by atoms with Crippen LogP contribution in [0, 0.1) is 0 Å². The van der Waals surface area contributed by atoms with Gasteiger partial charge in [-0.3, -0.25) is 4.57 Å². The van der Waals surface area contributed by atoms with Gasteiger partial charge in [0.25, 0.3) is 0 Å². The second-order valence-electron chi connectivity index (χ2n) is 2.41. The summed E-state index contributed by atoms with van der Waals surface area (Å²) in [6, 6.07) is 0. The Morgan fingerprint density at radius 1 is 1.55 bits per heavy atom. The lowest BCUT2D eigenvalue weighted by Gasteiger charge is -2.22. The van der Waals surface area contributed by atoms with Gasteiger partial charge < -0.3 is 9.42 Å². The third kappa shape index (κ3) is 4.96. The summed E-state index contributed by atoms with van der Waals surface area (Å²) in [7, 11) is -2.77. The van der Waals surface area contributed by atoms with Crippen molar-refractivity contribution in [3.05, 3.63) is 0 Å². The van der Waals surface area contributed by atoms with E-state index in [1.807, 2.05) is 13.8 Å². The molecule has 0 heterocycles. The Kier molecular flexibility index (Phi) is 5.61. The molecule has 0 rings (SSSR count). The number of hydrogen-bond donors (Lipinski definition) is 1. The van der Waals surface area contributed by atoms with E-state index in [2.05, 4.69) is 20.5 Å². The molecule has 0 bridgehead atoms. The minimum atomic E-state index is -2.77. The first-order chi connectivity index (χ1) is 5.04. The third-order valence-corrected chi connectivity index (χ3v) is 3.46. The molecule has 0 aliphatic heterocycles. The van der Waals surface area contributed by atoms with Crippen LogP contribution < -0.4 is 0 Å². The minimum Gasteiger partial charge on any atom is -0.326 e. The molecule has 5 heteroatoms. The van der Waals surface area contributed by atoms with Crippen molar-refractivity contribution in [3.8, 4) is 0 Å². The first kappa shape index (κ1) is 11.6. The van der Waals surface area contributed by atoms with E-state index in [1.54, 1.807) is 0 Å². The number of rotatable bonds is 5. The lowest BCUT2D eigenvalue weighted by molar-refractivity contribution is 0.244. The third-order valence-electron chi connectivity index (χ3n) is 1.72. The molecule has 0 aliphatic rings. The summed E-state index contributed by atoms with van der Waals surface area (Å²) in [6.07, 6.45) is 1.78. The highest BCUT2D eigenvalue weighted by Gasteiger charge is 2.22. The first-order valence-corrected chi connectivity index (χ1v) is 5.64. The van der Waals surface area contributed by atoms with Gasteiger partial charge in [-0.2, -0.15) is 0 Å². The van der Waals surface area contributed by atoms with Crippen molar-refractivity contribution in [1.82, 2.24) is 0 Å². The van der Waals surface area contributed by atoms with E-state index >= 15 is 0 Å². The van der Waals surface area contributed by atoms with Crippen molar-refractivity contribution < 1.29 is 14.0 Å². The van der Waals surface area contributed by atoms with Gasteiger partial charge in [0.2, 0.25) is 0 Å². The highest BCUT2D eigenvalue weighted by atomic mass is 79.9. The van der Waals surface area contributed by atoms with Crippen molar-refractivity contribution in [2.45, 2.75) is 31.0 Å². The Hall–Kier alpha value is 0.630. The van der Waals surface area contributed by atoms with E-state index in [4.69, 9.17) is 4.89 Å². The Morgan fingerprint density at radius 3 is 2.27 bits per heavy atom. The van der Waals surface area contributed by atoms with E-state index in [0.29, 0.717) is 6.61 Å². The molecule has 1 unspecified atom stereocenters. The SMILES string of the molecule is CCC(Br)(CC)CO[PH](=O)O. The Morgan fingerprint density at radius 2 is 2.00 bits per heavy atom. The van der Waals surface area contributed by atoms with Crippen LogP contribution in [-0.4, -0.2) is 15.8 Å². The highest BCUT2D eigenvalue weighted by molar-refractivity contribution is 9.10. The summed E-state index contributed by atoms with van der Waals surface area (Å²) in [6.45, 7) is 4.32. The molecular weight excluding hydrogens is 231 g/mol. The fourth-order valence-corrected chi connectivity index (χ4v) is 1.37. The maximum Gasteiger partial charge on any atom is 0.316 e. The normalized spacial score (nSPS) is 14.9. The van der Waals surface area contributed by atoms with Crippen molar-refractivity contribution in [2.75, 3.05) is 6.61 Å². The Bertz CT molecular complexity index is 136. The molecule has 1 N–H and O–H groups in total. The molecule has 11 heavy (non-hydrogen) atoms. The maximum absolute atomic E-state index is 10.2. The molecular formula is C6H14BrO3P. The Labute approximate surface area is 76.2 Å². The minimum absolute atomic E-state index is 0.129. The summed E-state index contributed by atoms with van der Waals surface area (Å²) in [5.74, 6) is 0. The van der Waals surface area contributed by atoms with E-state index < -0.39 is 8.25 Å². The van der Waals surface area contributed by atoms with Crippen molar-refractivity contribution in [1.29, 1.82) is 0 Å². The first-order valence-electron chi connectivity index (χ1n) is 3.58. The molecule has 0 fully saturated rings. The van der Waals surface area contributed by atoms with Gasteiger partial charge in [0, 0.05) is 4.32 Å². The molecule has 0 aromatic rings. The van der Waals surface area contributed by atoms with Gasteiger partial charge in [-0.1, -0.05) is 29.8 Å². The highest BCUT2D eigenvalue weighted by Crippen LogP contribution is 2.30. The summed E-state index contributed by atoms with van der Waals surface area (Å²) in [5, 5.41) is 0. The van der Waals surface area contributed by atoms with Crippen LogP contribution in [0.2, 0.25) is 0 Å². The molecule has 0 saturated heterocycles. The van der Waals surface area contributed by atoms with Crippen molar-refractivity contribution >= 4 is 24.2 Å². The van der Waals surface area contributed by atoms with Crippen LogP contribution in [-0.2, 0) is 9.09 Å². The predicted molar refractivity (Wildman–Crippen MR) is 49.4 cm³/mol. The molecule has 3 nitrogen and oxygen atoms in total. The van der Waals surface area contributed by atoms with E-state index in [9.17, 15) is 4.57 Å². The summed E-state index contributed by atoms with van der Waals surface area (Å²) < 4.78 is 14.7. The molecule has 1 atom stereocenters. The lowest BCUT2D eigenvalue weighted by Crippen LogP contribution is -2.23. The van der Waals surface area contributed by atoms with Crippen LogP contribution in [0.25, 0.3) is 0 Å². The van der Waals surface area contributed by atoms with E-state index in [-0.39, 0.29) is 4.32 Å². The average Bonchev–Trinajstić information content (AvgIpc) is 2.00. The molecule has 0 aromatic heterocycles. The van der Waals surface area contributed by atoms with Crippen LogP contribution >= 0.6 is 24.2 Å². The van der Waals surface area contributed by atoms with E-state index in [0.717, 1.165) is 12.8 Å². The van der Waals surface area contributed by atoms with Crippen LogP contribution in [0.5, 0.6) is 0 Å². The molecule has 0 amide bonds. The zero-order valence-electron chi connectivity index (χ0n) is 6.76. The second-order valence-corrected chi connectivity index (χ2v) is 4.92. The number of halogens is 1. The van der Waals surface area contributed by atoms with Gasteiger partial charge in [-0.05, 0) is 12.8 Å². The van der Waals surface area contributed by atoms with Gasteiger partial charge in [-0.25, -0.2) is 0 Å². The topological polar surface area (TPSA) is 46.5 Å². The number of hydrogen-bond acceptors (Lipinski definition) is 2. The quantitative estimate of drug-likeness (QED) is 0.597. The van der Waals surface area contributed by atoms with Crippen LogP contribution in [0.15, 0.2) is 0 Å². The van der Waals surface area contributed by atoms with Gasteiger partial charge in [0.05, 0.1) is 6.61 Å². The maximum atomic E-state index is 10.2. The molecule has 0 aromatic carbocycles. The van der Waals surface area contributed by atoms with Crippen LogP contribution in [0.3, 0.4) is 0 Å². The smallest absolute Gasteiger partial charge is 0.316 e. The summed E-state index contributed by atoms with van der Waals surface area (Å²) in [4.78, 5) is 8.41. The largest absolute Gasteiger partial charge is 0.326 e. The lowest BCUT2D eigenvalue weighted by atomic mass is 10.1. The zero-order chi connectivity index (χ0) is 8.91. The van der Waals surface area contributed by atoms with Gasteiger partial charge in [0.1, 0.15) is 0 Å². The molecule has 68 valence electrons. The van der Waals surface area contributed by atoms with Crippen molar-refractivity contribution in [3.63, 3.8) is 0 Å². The fraction of sp³-hybridized carbons (Fsp3) is 1.00. The number of alkyl halides is 1. The van der Waals surface area contributed by atoms with Crippen LogP contribution in [0.1, 0.15) is 26.7 Å². The summed E-state index contributed by atoms with van der Waals surface area (Å²) >= 11 is 3.45. The monoisotopic (exact) mass is 244 g/mol. The molecule has 0 radical (unpaired) electrons. The van der Waals surface area contributed by atoms with Gasteiger partial charge in [-0.15, -0.1) is 0 Å². The zero-order valence-corrected chi connectivity index (χ0v) is 9.35. The standard InChI is InChI=1S/C6H14BrO3P/c1-3-6(7,4-2)5-10-11(8)9/h11H,3-5H2,1-2H3,(H,8,9). The molecule has 0 aliphatic carbocycles. The predicted octanol–water partition coefficient (Wildman–Crippen LogP) is 2.34. The van der Waals surface area contributed by atoms with Crippen LogP contribution in [0.4, 0.5) is 0 Å².